The minimum Gasteiger partial charge on any atom is -0.351 e. The lowest BCUT2D eigenvalue weighted by atomic mass is 10.2. The first-order valence-electron chi connectivity index (χ1n) is 4.45. The van der Waals surface area contributed by atoms with Crippen LogP contribution in [0.1, 0.15) is 16.1 Å². The lowest BCUT2D eigenvalue weighted by Gasteiger charge is -2.06. The lowest BCUT2D eigenvalue weighted by Crippen LogP contribution is -2.30. The molecule has 0 saturated heterocycles. The van der Waals surface area contributed by atoms with Crippen LogP contribution in [0.25, 0.3) is 0 Å². The second-order valence-corrected chi connectivity index (χ2v) is 3.11. The fourth-order valence-electron chi connectivity index (χ4n) is 1.14. The SMILES string of the molecule is Cn1cc(C(=O)NCCN)c(C(F)(F)F)n1. The van der Waals surface area contributed by atoms with Crippen molar-refractivity contribution >= 4 is 5.91 Å². The van der Waals surface area contributed by atoms with Crippen LogP contribution < -0.4 is 11.1 Å². The molecular formula is C8H11F3N4O. The van der Waals surface area contributed by atoms with E-state index in [1.165, 1.54) is 7.05 Å². The van der Waals surface area contributed by atoms with Gasteiger partial charge < -0.3 is 11.1 Å². The molecule has 3 N–H and O–H groups in total. The molecule has 0 aromatic carbocycles. The van der Waals surface area contributed by atoms with Gasteiger partial charge in [0, 0.05) is 26.3 Å². The molecule has 0 fully saturated rings. The molecule has 0 aliphatic rings. The first kappa shape index (κ1) is 12.5. The van der Waals surface area contributed by atoms with Crippen molar-refractivity contribution in [3.8, 4) is 0 Å². The van der Waals surface area contributed by atoms with Crippen molar-refractivity contribution in [1.29, 1.82) is 0 Å². The highest BCUT2D eigenvalue weighted by Crippen LogP contribution is 2.30. The number of halogens is 3. The van der Waals surface area contributed by atoms with Crippen LogP contribution in [0.15, 0.2) is 6.20 Å². The van der Waals surface area contributed by atoms with Crippen LogP contribution in [0.5, 0.6) is 0 Å². The number of hydrogen-bond donors (Lipinski definition) is 2. The molecular weight excluding hydrogens is 225 g/mol. The molecule has 1 aromatic heterocycles. The summed E-state index contributed by atoms with van der Waals surface area (Å²) in [6.07, 6.45) is -3.62. The highest BCUT2D eigenvalue weighted by molar-refractivity contribution is 5.95. The summed E-state index contributed by atoms with van der Waals surface area (Å²) in [5.41, 5.74) is 3.44. The van der Waals surface area contributed by atoms with E-state index in [1.54, 1.807) is 0 Å². The maximum Gasteiger partial charge on any atom is 0.435 e. The molecule has 8 heteroatoms. The number of amides is 1. The van der Waals surface area contributed by atoms with Gasteiger partial charge in [-0.05, 0) is 0 Å². The van der Waals surface area contributed by atoms with Gasteiger partial charge in [0.05, 0.1) is 5.56 Å². The molecule has 1 heterocycles. The van der Waals surface area contributed by atoms with Crippen LogP contribution in [-0.4, -0.2) is 28.8 Å². The second-order valence-electron chi connectivity index (χ2n) is 3.11. The third-order valence-corrected chi connectivity index (χ3v) is 1.77. The third kappa shape index (κ3) is 2.72. The van der Waals surface area contributed by atoms with Gasteiger partial charge in [0.2, 0.25) is 0 Å². The Bertz CT molecular complexity index is 385. The van der Waals surface area contributed by atoms with Crippen LogP contribution >= 0.6 is 0 Å². The Hall–Kier alpha value is -1.57. The monoisotopic (exact) mass is 236 g/mol. The van der Waals surface area contributed by atoms with E-state index in [9.17, 15) is 18.0 Å². The zero-order valence-corrected chi connectivity index (χ0v) is 8.51. The topological polar surface area (TPSA) is 72.9 Å². The molecule has 1 amide bonds. The second kappa shape index (κ2) is 4.52. The normalized spacial score (nSPS) is 11.6. The van der Waals surface area contributed by atoms with E-state index in [1.807, 2.05) is 0 Å². The van der Waals surface area contributed by atoms with Crippen LogP contribution in [0, 0.1) is 0 Å². The van der Waals surface area contributed by atoms with Crippen molar-refractivity contribution in [3.05, 3.63) is 17.5 Å². The number of aryl methyl sites for hydroxylation is 1. The van der Waals surface area contributed by atoms with Crippen LogP contribution in [0.2, 0.25) is 0 Å². The third-order valence-electron chi connectivity index (χ3n) is 1.77. The standard InChI is InChI=1S/C8H11F3N4O/c1-15-4-5(7(16)13-3-2-12)6(14-15)8(9,10)11/h4H,2-3,12H2,1H3,(H,13,16). The minimum atomic E-state index is -4.64. The zero-order chi connectivity index (χ0) is 12.3. The number of alkyl halides is 3. The van der Waals surface area contributed by atoms with Crippen LogP contribution in [0.4, 0.5) is 13.2 Å². The Morgan fingerprint density at radius 1 is 1.62 bits per heavy atom. The predicted molar refractivity (Wildman–Crippen MR) is 49.6 cm³/mol. The molecule has 0 bridgehead atoms. The molecule has 0 unspecified atom stereocenters. The summed E-state index contributed by atoms with van der Waals surface area (Å²) in [7, 11) is 1.31. The number of carbonyl (C=O) groups is 1. The summed E-state index contributed by atoms with van der Waals surface area (Å²) in [6.45, 7) is 0.276. The van der Waals surface area contributed by atoms with E-state index in [4.69, 9.17) is 5.73 Å². The molecule has 0 aliphatic heterocycles. The molecule has 1 aromatic rings. The number of nitrogens with one attached hydrogen (secondary N) is 1. The van der Waals surface area contributed by atoms with Crippen molar-refractivity contribution in [2.45, 2.75) is 6.18 Å². The van der Waals surface area contributed by atoms with E-state index in [-0.39, 0.29) is 13.1 Å². The van der Waals surface area contributed by atoms with E-state index >= 15 is 0 Å². The van der Waals surface area contributed by atoms with E-state index in [0.717, 1.165) is 10.9 Å². The van der Waals surface area contributed by atoms with Gasteiger partial charge in [-0.3, -0.25) is 9.48 Å². The summed E-state index contributed by atoms with van der Waals surface area (Å²) >= 11 is 0. The number of nitrogens with zero attached hydrogens (tertiary/aromatic N) is 2. The Morgan fingerprint density at radius 2 is 2.25 bits per heavy atom. The number of carbonyl (C=O) groups excluding carboxylic acids is 1. The van der Waals surface area contributed by atoms with Gasteiger partial charge in [-0.15, -0.1) is 0 Å². The average molecular weight is 236 g/mol. The first-order chi connectivity index (χ1) is 7.36. The summed E-state index contributed by atoms with van der Waals surface area (Å²) < 4.78 is 38.3. The van der Waals surface area contributed by atoms with Gasteiger partial charge in [0.15, 0.2) is 5.69 Å². The predicted octanol–water partition coefficient (Wildman–Crippen LogP) is 0.127. The first-order valence-corrected chi connectivity index (χ1v) is 4.45. The lowest BCUT2D eigenvalue weighted by molar-refractivity contribution is -0.141. The Morgan fingerprint density at radius 3 is 2.75 bits per heavy atom. The molecule has 90 valence electrons. The summed E-state index contributed by atoms with van der Waals surface area (Å²) in [4.78, 5) is 11.4. The average Bonchev–Trinajstić information content (AvgIpc) is 2.56. The molecule has 0 atom stereocenters. The highest BCUT2D eigenvalue weighted by Gasteiger charge is 2.38. The van der Waals surface area contributed by atoms with Crippen molar-refractivity contribution in [3.63, 3.8) is 0 Å². The number of hydrogen-bond acceptors (Lipinski definition) is 3. The van der Waals surface area contributed by atoms with Crippen LogP contribution in [-0.2, 0) is 13.2 Å². The molecule has 1 rings (SSSR count). The molecule has 0 aliphatic carbocycles. The van der Waals surface area contributed by atoms with Gasteiger partial charge in [0.25, 0.3) is 5.91 Å². The van der Waals surface area contributed by atoms with E-state index in [2.05, 4.69) is 10.4 Å². The smallest absolute Gasteiger partial charge is 0.351 e. The molecule has 5 nitrogen and oxygen atoms in total. The number of rotatable bonds is 3. The number of aromatic nitrogens is 2. The maximum absolute atomic E-state index is 12.5. The van der Waals surface area contributed by atoms with Gasteiger partial charge in [-0.25, -0.2) is 0 Å². The Kier molecular flexibility index (Phi) is 3.53. The Balaban J connectivity index is 2.99. The summed E-state index contributed by atoms with van der Waals surface area (Å²) in [5, 5.41) is 5.47. The quantitative estimate of drug-likeness (QED) is 0.783. The van der Waals surface area contributed by atoms with Crippen molar-refractivity contribution in [1.82, 2.24) is 15.1 Å². The molecule has 16 heavy (non-hydrogen) atoms. The van der Waals surface area contributed by atoms with Gasteiger partial charge in [-0.1, -0.05) is 0 Å². The van der Waals surface area contributed by atoms with E-state index in [0.29, 0.717) is 0 Å². The fourth-order valence-corrected chi connectivity index (χ4v) is 1.14. The van der Waals surface area contributed by atoms with Gasteiger partial charge in [-0.2, -0.15) is 18.3 Å². The summed E-state index contributed by atoms with van der Waals surface area (Å²) in [6, 6.07) is 0. The van der Waals surface area contributed by atoms with Crippen LogP contribution in [0.3, 0.4) is 0 Å². The maximum atomic E-state index is 12.5. The zero-order valence-electron chi connectivity index (χ0n) is 8.51. The van der Waals surface area contributed by atoms with Crippen molar-refractivity contribution < 1.29 is 18.0 Å². The van der Waals surface area contributed by atoms with Crippen molar-refractivity contribution in [2.24, 2.45) is 12.8 Å². The van der Waals surface area contributed by atoms with Gasteiger partial charge in [0.1, 0.15) is 0 Å². The minimum absolute atomic E-state index is 0.116. The summed E-state index contributed by atoms with van der Waals surface area (Å²) in [5.74, 6) is -0.828. The Labute approximate surface area is 89.4 Å². The number of nitrogens with two attached hydrogens (primary N) is 1. The fraction of sp³-hybridized carbons (Fsp3) is 0.500. The van der Waals surface area contributed by atoms with E-state index < -0.39 is 23.3 Å². The largest absolute Gasteiger partial charge is 0.435 e. The van der Waals surface area contributed by atoms with Crippen molar-refractivity contribution in [2.75, 3.05) is 13.1 Å². The van der Waals surface area contributed by atoms with Gasteiger partial charge >= 0.3 is 6.18 Å². The molecule has 0 radical (unpaired) electrons. The molecule has 0 spiro atoms. The molecule has 0 saturated carbocycles. The highest BCUT2D eigenvalue weighted by atomic mass is 19.4.